The molecule has 0 bridgehead atoms. The predicted octanol–water partition coefficient (Wildman–Crippen LogP) is 1.64. The highest BCUT2D eigenvalue weighted by atomic mass is 32.1. The minimum absolute atomic E-state index is 0.169. The molecular formula is C18H22N4O2S. The molecule has 2 amide bonds. The van der Waals surface area contributed by atoms with Crippen molar-refractivity contribution in [3.05, 3.63) is 52.2 Å². The topological polar surface area (TPSA) is 73.5 Å². The van der Waals surface area contributed by atoms with Gasteiger partial charge >= 0.3 is 0 Å². The van der Waals surface area contributed by atoms with Gasteiger partial charge in [-0.15, -0.1) is 11.3 Å². The van der Waals surface area contributed by atoms with Crippen molar-refractivity contribution in [1.29, 1.82) is 0 Å². The van der Waals surface area contributed by atoms with Crippen LogP contribution < -0.4 is 16.0 Å². The number of thiophene rings is 1. The summed E-state index contributed by atoms with van der Waals surface area (Å²) in [4.78, 5) is 27.7. The van der Waals surface area contributed by atoms with Gasteiger partial charge in [-0.3, -0.25) is 14.5 Å². The molecule has 0 unspecified atom stereocenters. The lowest BCUT2D eigenvalue weighted by atomic mass is 10.1. The molecule has 0 aliphatic carbocycles. The maximum atomic E-state index is 12.5. The lowest BCUT2D eigenvalue weighted by Crippen LogP contribution is -2.46. The molecule has 0 saturated carbocycles. The predicted molar refractivity (Wildman–Crippen MR) is 100 cm³/mol. The molecule has 1 aromatic heterocycles. The van der Waals surface area contributed by atoms with Crippen LogP contribution in [0.1, 0.15) is 20.0 Å². The number of nitrogens with zero attached hydrogens (tertiary/aromatic N) is 1. The highest BCUT2D eigenvalue weighted by molar-refractivity contribution is 7.12. The van der Waals surface area contributed by atoms with Crippen molar-refractivity contribution in [3.63, 3.8) is 0 Å². The molecule has 0 spiro atoms. The van der Waals surface area contributed by atoms with E-state index in [9.17, 15) is 9.59 Å². The number of carbonyl (C=O) groups is 2. The van der Waals surface area contributed by atoms with Gasteiger partial charge in [-0.2, -0.15) is 0 Å². The molecule has 3 rings (SSSR count). The Morgan fingerprint density at radius 2 is 1.88 bits per heavy atom. The van der Waals surface area contributed by atoms with Gasteiger partial charge in [0.05, 0.1) is 16.1 Å². The van der Waals surface area contributed by atoms with E-state index in [-0.39, 0.29) is 11.8 Å². The van der Waals surface area contributed by atoms with Gasteiger partial charge in [0.1, 0.15) is 0 Å². The minimum atomic E-state index is -0.198. The van der Waals surface area contributed by atoms with Crippen LogP contribution in [0.3, 0.4) is 0 Å². The smallest absolute Gasteiger partial charge is 0.265 e. The number of para-hydroxylation sites is 1. The Balaban J connectivity index is 1.57. The number of carbonyl (C=O) groups excluding carboxylic acids is 2. The molecule has 6 nitrogen and oxygen atoms in total. The lowest BCUT2D eigenvalue weighted by Gasteiger charge is -2.27. The molecule has 2 heterocycles. The summed E-state index contributed by atoms with van der Waals surface area (Å²) in [7, 11) is 0. The summed E-state index contributed by atoms with van der Waals surface area (Å²) in [6.45, 7) is 5.41. The lowest BCUT2D eigenvalue weighted by molar-refractivity contribution is 0.0948. The number of hydrogen-bond donors (Lipinski definition) is 3. The van der Waals surface area contributed by atoms with Crippen LogP contribution in [0.2, 0.25) is 0 Å². The minimum Gasteiger partial charge on any atom is -0.351 e. The van der Waals surface area contributed by atoms with E-state index < -0.39 is 0 Å². The third-order valence-electron chi connectivity index (χ3n) is 4.09. The van der Waals surface area contributed by atoms with Crippen LogP contribution in [0.15, 0.2) is 41.8 Å². The first-order chi connectivity index (χ1) is 12.2. The number of piperazine rings is 1. The van der Waals surface area contributed by atoms with E-state index in [0.717, 1.165) is 32.7 Å². The molecule has 0 radical (unpaired) electrons. The van der Waals surface area contributed by atoms with Crippen LogP contribution in [0.4, 0.5) is 5.69 Å². The number of benzene rings is 1. The van der Waals surface area contributed by atoms with Gasteiger partial charge in [-0.05, 0) is 23.6 Å². The second-order valence-electron chi connectivity index (χ2n) is 5.82. The maximum Gasteiger partial charge on any atom is 0.265 e. The zero-order valence-electron chi connectivity index (χ0n) is 14.0. The van der Waals surface area contributed by atoms with Gasteiger partial charge in [0.15, 0.2) is 0 Å². The highest BCUT2D eigenvalue weighted by Crippen LogP contribution is 2.17. The summed E-state index contributed by atoms with van der Waals surface area (Å²) in [5, 5.41) is 10.9. The summed E-state index contributed by atoms with van der Waals surface area (Å²) < 4.78 is 0. The zero-order chi connectivity index (χ0) is 17.5. The van der Waals surface area contributed by atoms with Crippen molar-refractivity contribution < 1.29 is 9.59 Å². The summed E-state index contributed by atoms with van der Waals surface area (Å²) in [6, 6.07) is 10.7. The van der Waals surface area contributed by atoms with Crippen molar-refractivity contribution >= 4 is 28.8 Å². The highest BCUT2D eigenvalue weighted by Gasteiger charge is 2.15. The standard InChI is InChI=1S/C18H22N4O2S/c23-17(20-9-12-22-10-7-19-8-11-22)14-4-1-2-5-15(14)21-18(24)16-6-3-13-25-16/h1-6,13,19H,7-12H2,(H,20,23)(H,21,24). The summed E-state index contributed by atoms with van der Waals surface area (Å²) in [5.41, 5.74) is 1.01. The van der Waals surface area contributed by atoms with Gasteiger partial charge in [0, 0.05) is 39.3 Å². The van der Waals surface area contributed by atoms with Crippen molar-refractivity contribution in [2.24, 2.45) is 0 Å². The van der Waals surface area contributed by atoms with Gasteiger partial charge in [0.25, 0.3) is 11.8 Å². The molecule has 25 heavy (non-hydrogen) atoms. The Kier molecular flexibility index (Phi) is 6.16. The Labute approximate surface area is 151 Å². The van der Waals surface area contributed by atoms with Crippen LogP contribution >= 0.6 is 11.3 Å². The molecule has 1 saturated heterocycles. The molecule has 7 heteroatoms. The third kappa shape index (κ3) is 4.88. The van der Waals surface area contributed by atoms with Crippen LogP contribution in [0.5, 0.6) is 0 Å². The van der Waals surface area contributed by atoms with Crippen LogP contribution in [-0.2, 0) is 0 Å². The van der Waals surface area contributed by atoms with E-state index in [4.69, 9.17) is 0 Å². The van der Waals surface area contributed by atoms with E-state index >= 15 is 0 Å². The molecule has 0 atom stereocenters. The Hall–Kier alpha value is -2.22. The molecule has 1 aromatic carbocycles. The second-order valence-corrected chi connectivity index (χ2v) is 6.77. The summed E-state index contributed by atoms with van der Waals surface area (Å²) >= 11 is 1.37. The van der Waals surface area contributed by atoms with E-state index in [2.05, 4.69) is 20.9 Å². The second kappa shape index (κ2) is 8.75. The first kappa shape index (κ1) is 17.6. The number of hydrogen-bond acceptors (Lipinski definition) is 5. The number of amides is 2. The summed E-state index contributed by atoms with van der Waals surface area (Å²) in [5.74, 6) is -0.367. The maximum absolute atomic E-state index is 12.5. The average molecular weight is 358 g/mol. The van der Waals surface area contributed by atoms with Crippen LogP contribution in [-0.4, -0.2) is 56.0 Å². The monoisotopic (exact) mass is 358 g/mol. The number of nitrogens with one attached hydrogen (secondary N) is 3. The van der Waals surface area contributed by atoms with E-state index in [1.54, 1.807) is 24.3 Å². The molecule has 132 valence electrons. The van der Waals surface area contributed by atoms with Gasteiger partial charge in [-0.25, -0.2) is 0 Å². The normalized spacial score (nSPS) is 14.9. The fraction of sp³-hybridized carbons (Fsp3) is 0.333. The van der Waals surface area contributed by atoms with Crippen molar-refractivity contribution in [2.45, 2.75) is 0 Å². The number of rotatable bonds is 6. The van der Waals surface area contributed by atoms with E-state index in [1.165, 1.54) is 11.3 Å². The molecule has 1 fully saturated rings. The fourth-order valence-electron chi connectivity index (χ4n) is 2.74. The van der Waals surface area contributed by atoms with Crippen LogP contribution in [0, 0.1) is 0 Å². The number of anilines is 1. The first-order valence-corrected chi connectivity index (χ1v) is 9.27. The van der Waals surface area contributed by atoms with Crippen molar-refractivity contribution in [1.82, 2.24) is 15.5 Å². The SMILES string of the molecule is O=C(Nc1ccccc1C(=O)NCCN1CCNCC1)c1cccs1. The average Bonchev–Trinajstić information content (AvgIpc) is 3.18. The largest absolute Gasteiger partial charge is 0.351 e. The van der Waals surface area contributed by atoms with E-state index in [0.29, 0.717) is 22.7 Å². The van der Waals surface area contributed by atoms with Gasteiger partial charge in [0.2, 0.25) is 0 Å². The third-order valence-corrected chi connectivity index (χ3v) is 4.96. The molecule has 3 N–H and O–H groups in total. The Morgan fingerprint density at radius 1 is 1.08 bits per heavy atom. The van der Waals surface area contributed by atoms with Gasteiger partial charge < -0.3 is 16.0 Å². The summed E-state index contributed by atoms with van der Waals surface area (Å²) in [6.07, 6.45) is 0. The quantitative estimate of drug-likeness (QED) is 0.734. The van der Waals surface area contributed by atoms with Gasteiger partial charge in [-0.1, -0.05) is 18.2 Å². The fourth-order valence-corrected chi connectivity index (χ4v) is 3.36. The van der Waals surface area contributed by atoms with Crippen LogP contribution in [0.25, 0.3) is 0 Å². The van der Waals surface area contributed by atoms with Crippen molar-refractivity contribution in [3.8, 4) is 0 Å². The Morgan fingerprint density at radius 3 is 2.64 bits per heavy atom. The zero-order valence-corrected chi connectivity index (χ0v) is 14.8. The Bertz CT molecular complexity index is 712. The molecule has 1 aliphatic rings. The van der Waals surface area contributed by atoms with E-state index in [1.807, 2.05) is 17.5 Å². The molecule has 1 aliphatic heterocycles. The first-order valence-electron chi connectivity index (χ1n) is 8.39. The molecular weight excluding hydrogens is 336 g/mol. The van der Waals surface area contributed by atoms with Crippen molar-refractivity contribution in [2.75, 3.05) is 44.6 Å². The molecule has 2 aromatic rings.